The highest BCUT2D eigenvalue weighted by Crippen LogP contribution is 2.86. The van der Waals surface area contributed by atoms with Gasteiger partial charge in [-0.3, -0.25) is 15.6 Å². The van der Waals surface area contributed by atoms with E-state index < -0.39 is 76.6 Å². The van der Waals surface area contributed by atoms with Crippen LogP contribution in [0.25, 0.3) is 10.8 Å². The molecule has 2 aromatic carbocycles. The number of nitrogens with one attached hydrogen (secondary N) is 2. The molecule has 4 aliphatic heterocycles. The fourth-order valence-corrected chi connectivity index (χ4v) is 29.3. The van der Waals surface area contributed by atoms with Crippen molar-refractivity contribution in [3.05, 3.63) is 51.6 Å². The van der Waals surface area contributed by atoms with Crippen LogP contribution in [-0.2, 0) is 14.2 Å². The Morgan fingerprint density at radius 1 is 0.769 bits per heavy atom. The number of aromatic carboxylic acids is 1. The third kappa shape index (κ3) is 7.71. The van der Waals surface area contributed by atoms with E-state index in [1.165, 1.54) is 178 Å². The number of rotatable bonds is 8. The molecule has 0 unspecified atom stereocenters. The molecule has 494 valence electrons. The van der Waals surface area contributed by atoms with Crippen LogP contribution >= 0.6 is 0 Å². The third-order valence-electron chi connectivity index (χ3n) is 31.7. The molecule has 12 aliphatic carbocycles. The van der Waals surface area contributed by atoms with Crippen LogP contribution in [-0.4, -0.2) is 121 Å². The third-order valence-corrected chi connectivity index (χ3v) is 31.7. The summed E-state index contributed by atoms with van der Waals surface area (Å²) in [7, 11) is 0. The summed E-state index contributed by atoms with van der Waals surface area (Å²) in [5.74, 6) is -1.43. The topological polar surface area (TPSA) is 237 Å². The zero-order valence-corrected chi connectivity index (χ0v) is 54.2. The van der Waals surface area contributed by atoms with Gasteiger partial charge in [0.25, 0.3) is 0 Å². The number of ketones is 1. The van der Waals surface area contributed by atoms with Crippen molar-refractivity contribution in [1.29, 1.82) is 0 Å². The second kappa shape index (κ2) is 20.0. The minimum atomic E-state index is -1.84. The zero-order valence-electron chi connectivity index (χ0n) is 54.2. The SMILES string of the molecule is CC(=O)c1c(C)c(O)c2cc(C(=O)O)cc(O[C@@H]3O[C@H](CO)[C@]4(C[C@@H]5C6=C(CC=C6[C@@]6(CCCO)COC[C@H]7C[C@]89C[C@@]5(NN[C@H]8C[C@@]5(CC8(CCCC8)[C@H]8CCC[C@H]%10CCC[C@]%10%11CC[C@@]85C%11)C9)[C@H]76)[C@]5(CCC[C@@]6(CCC7(CCCC7)C6)C5)O4)[C@H](O)[C@H]3O)c2c1O. The van der Waals surface area contributed by atoms with E-state index in [1.807, 2.05) is 0 Å². The molecule has 2 aromatic rings. The van der Waals surface area contributed by atoms with E-state index in [1.54, 1.807) is 0 Å². The van der Waals surface area contributed by atoms with E-state index in [0.717, 1.165) is 63.2 Å². The lowest BCUT2D eigenvalue weighted by Gasteiger charge is -2.72. The van der Waals surface area contributed by atoms with Crippen LogP contribution in [0.2, 0.25) is 0 Å². The Hall–Kier alpha value is -3.64. The Morgan fingerprint density at radius 3 is 2.33 bits per heavy atom. The molecule has 91 heavy (non-hydrogen) atoms. The van der Waals surface area contributed by atoms with Gasteiger partial charge in [0.05, 0.1) is 35.3 Å². The molecule has 0 aromatic heterocycles. The first-order valence-corrected chi connectivity index (χ1v) is 36.7. The van der Waals surface area contributed by atoms with Crippen molar-refractivity contribution < 1.29 is 64.3 Å². The quantitative estimate of drug-likeness (QED) is 0.0883. The van der Waals surface area contributed by atoms with Gasteiger partial charge >= 0.3 is 5.97 Å². The molecule has 19 atom stereocenters. The molecule has 0 radical (unpaired) electrons. The van der Waals surface area contributed by atoms with Gasteiger partial charge in [0.15, 0.2) is 5.78 Å². The molecule has 15 heteroatoms. The molecule has 4 heterocycles. The summed E-state index contributed by atoms with van der Waals surface area (Å²) in [6.45, 7) is 3.46. The van der Waals surface area contributed by atoms with Crippen LogP contribution in [0, 0.1) is 79.8 Å². The van der Waals surface area contributed by atoms with E-state index in [2.05, 4.69) is 16.9 Å². The maximum Gasteiger partial charge on any atom is 0.335 e. The molecule has 10 spiro atoms. The summed E-state index contributed by atoms with van der Waals surface area (Å²) >= 11 is 0. The number of phenols is 2. The van der Waals surface area contributed by atoms with E-state index in [4.69, 9.17) is 18.9 Å². The number of aliphatic hydroxyl groups excluding tert-OH is 4. The Balaban J connectivity index is 0.799. The van der Waals surface area contributed by atoms with Gasteiger partial charge in [0.1, 0.15) is 41.2 Å². The van der Waals surface area contributed by atoms with Crippen molar-refractivity contribution in [2.75, 3.05) is 26.4 Å². The molecule has 15 nitrogen and oxygen atoms in total. The van der Waals surface area contributed by atoms with Crippen molar-refractivity contribution in [2.24, 2.45) is 72.9 Å². The summed E-state index contributed by atoms with van der Waals surface area (Å²) < 4.78 is 29.3. The highest BCUT2D eigenvalue weighted by Gasteiger charge is 2.81. The predicted octanol–water partition coefficient (Wildman–Crippen LogP) is 12.3. The lowest BCUT2D eigenvalue weighted by Crippen LogP contribution is -2.81. The lowest BCUT2D eigenvalue weighted by atomic mass is 9.38. The predicted molar refractivity (Wildman–Crippen MR) is 339 cm³/mol. The number of aliphatic hydroxyl groups is 4. The van der Waals surface area contributed by atoms with Crippen LogP contribution in [0.4, 0.5) is 0 Å². The minimum absolute atomic E-state index is 0.0160. The van der Waals surface area contributed by atoms with Crippen LogP contribution in [0.1, 0.15) is 245 Å². The van der Waals surface area contributed by atoms with Gasteiger partial charge in [-0.1, -0.05) is 44.6 Å². The maximum atomic E-state index is 14.0. The number of ether oxygens (including phenoxy) is 4. The molecule has 3 saturated heterocycles. The second-order valence-corrected chi connectivity index (χ2v) is 35.1. The first-order chi connectivity index (χ1) is 43.8. The Morgan fingerprint density at radius 2 is 1.54 bits per heavy atom. The summed E-state index contributed by atoms with van der Waals surface area (Å²) in [5.41, 5.74) is 10.5. The highest BCUT2D eigenvalue weighted by molar-refractivity contribution is 6.11. The van der Waals surface area contributed by atoms with Crippen LogP contribution in [0.5, 0.6) is 17.2 Å². The van der Waals surface area contributed by atoms with Crippen molar-refractivity contribution in [2.45, 2.75) is 273 Å². The van der Waals surface area contributed by atoms with Gasteiger partial charge in [-0.25, -0.2) is 4.79 Å². The number of hydrogen-bond acceptors (Lipinski definition) is 14. The Kier molecular flexibility index (Phi) is 13.2. The largest absolute Gasteiger partial charge is 0.507 e. The second-order valence-electron chi connectivity index (χ2n) is 35.1. The molecule has 4 bridgehead atoms. The number of Topliss-reactive ketones (excluding diaryl/α,β-unsaturated/α-hetero) is 1. The zero-order chi connectivity index (χ0) is 62.3. The van der Waals surface area contributed by atoms with E-state index in [0.29, 0.717) is 54.1 Å². The summed E-state index contributed by atoms with van der Waals surface area (Å²) in [6, 6.07) is 2.65. The highest BCUT2D eigenvalue weighted by atomic mass is 16.7. The number of allylic oxidation sites excluding steroid dienone is 1. The first kappa shape index (κ1) is 59.8. The number of hydrogen-bond donors (Lipinski definition) is 9. The number of carboxylic acids is 1. The fraction of sp³-hybridized carbons (Fsp3) is 0.789. The molecule has 11 saturated carbocycles. The maximum absolute atomic E-state index is 14.0. The molecular weight excluding hydrogens is 1150 g/mol. The molecule has 18 rings (SSSR count). The number of hydrazine groups is 1. The molecular formula is C76H102N2O13. The number of benzene rings is 2. The van der Waals surface area contributed by atoms with Gasteiger partial charge in [0.2, 0.25) is 6.29 Å². The minimum Gasteiger partial charge on any atom is -0.507 e. The van der Waals surface area contributed by atoms with Gasteiger partial charge in [0, 0.05) is 47.1 Å². The fourth-order valence-electron chi connectivity index (χ4n) is 29.3. The van der Waals surface area contributed by atoms with Crippen LogP contribution in [0.15, 0.2) is 34.9 Å². The number of carboxylic acid groups (broad SMARTS) is 1. The van der Waals surface area contributed by atoms with E-state index in [-0.39, 0.29) is 86.3 Å². The molecule has 16 aliphatic rings. The number of fused-ring (bicyclic) bond motifs is 4. The van der Waals surface area contributed by atoms with Crippen molar-refractivity contribution in [3.63, 3.8) is 0 Å². The van der Waals surface area contributed by atoms with Crippen molar-refractivity contribution in [3.8, 4) is 17.2 Å². The summed E-state index contributed by atoms with van der Waals surface area (Å²) in [5, 5.41) is 84.4. The number of carbonyl (C=O) groups excluding carboxylic acids is 1. The molecule has 9 N–H and O–H groups in total. The number of carbonyl (C=O) groups is 2. The van der Waals surface area contributed by atoms with Crippen LogP contribution in [0.3, 0.4) is 0 Å². The summed E-state index contributed by atoms with van der Waals surface area (Å²) in [4.78, 5) is 26.0. The Labute approximate surface area is 536 Å². The number of phenolic OH excluding ortho intramolecular Hbond substituents is 2. The Bertz CT molecular complexity index is 3470. The lowest BCUT2D eigenvalue weighted by molar-refractivity contribution is -0.349. The molecule has 0 amide bonds. The number of aromatic hydroxyl groups is 2. The van der Waals surface area contributed by atoms with Gasteiger partial charge in [-0.15, -0.1) is 0 Å². The average Bonchev–Trinajstić information content (AvgIpc) is 1.57. The average molecular weight is 1250 g/mol. The van der Waals surface area contributed by atoms with Gasteiger partial charge in [-0.05, 0) is 278 Å². The normalized spacial score (nSPS) is 47.4. The van der Waals surface area contributed by atoms with Crippen molar-refractivity contribution in [1.82, 2.24) is 10.9 Å². The van der Waals surface area contributed by atoms with E-state index in [9.17, 15) is 45.3 Å². The monoisotopic (exact) mass is 1250 g/mol. The summed E-state index contributed by atoms with van der Waals surface area (Å²) in [6.07, 6.45) is 34.4. The smallest absolute Gasteiger partial charge is 0.335 e. The van der Waals surface area contributed by atoms with Gasteiger partial charge in [-0.2, -0.15) is 0 Å². The van der Waals surface area contributed by atoms with E-state index >= 15 is 0 Å². The first-order valence-electron chi connectivity index (χ1n) is 36.7. The molecule has 14 fully saturated rings. The van der Waals surface area contributed by atoms with Gasteiger partial charge < -0.3 is 54.7 Å². The standard InChI is InChI=1S/C76H102N2O13/c1-43-56(44(2)81)60(83)57-48(59(43)82)29-45(64(86)87)30-52(57)89-65-61(84)63(85)76(55(34-80)90-65)32-51-58-49(14-15-50(58)74(91-76)23-9-18-67(37-74)25-24-66(36-67)16-3-4-17-66)72(22-10-28-79)42-88-35-46-31-70-39-71(33-54(70)77-78-75(51,41-70)62(46)72)38-69(19-5-6-20-69)53-13-7-11-47-12-8-21-68(47)26-27-73(53,71)40-68/h14,29-30,46-47,51,53-55,61-63,65,77-80,82-85H,3-13,15-28,31-42H2,1-2H3,(H,86,87)/t46-,47+,51-,53-,54+,55-,61-,62-,63-,65-,67+,68-,70+,71-,72-,73-,74-,75+,76-/m1/s1. The van der Waals surface area contributed by atoms with Crippen LogP contribution < -0.4 is 15.6 Å². The van der Waals surface area contributed by atoms with Crippen molar-refractivity contribution >= 4 is 22.5 Å².